The second-order valence-electron chi connectivity index (χ2n) is 4.89. The molecule has 2 N–H and O–H groups in total. The van der Waals surface area contributed by atoms with Crippen molar-refractivity contribution in [1.29, 1.82) is 0 Å². The molecule has 0 bridgehead atoms. The maximum Gasteiger partial charge on any atom is 0.257 e. The Balaban J connectivity index is 2.41. The predicted octanol–water partition coefficient (Wildman–Crippen LogP) is 1.01. The molecule has 18 heavy (non-hydrogen) atoms. The first-order chi connectivity index (χ1) is 8.39. The van der Waals surface area contributed by atoms with Crippen LogP contribution >= 0.6 is 0 Å². The van der Waals surface area contributed by atoms with Gasteiger partial charge in [-0.2, -0.15) is 0 Å². The first-order valence-corrected chi connectivity index (χ1v) is 7.63. The summed E-state index contributed by atoms with van der Waals surface area (Å²) in [5, 5.41) is 5.10. The van der Waals surface area contributed by atoms with Gasteiger partial charge in [0.2, 0.25) is 0 Å². The molecular weight excluding hydrogens is 254 g/mol. The Morgan fingerprint density at radius 2 is 2.06 bits per heavy atom. The second-order valence-corrected chi connectivity index (χ2v) is 6.40. The summed E-state index contributed by atoms with van der Waals surface area (Å²) in [5.74, 6) is 0.925. The normalized spacial score (nSPS) is 18.4. The average Bonchev–Trinajstić information content (AvgIpc) is 2.74. The van der Waals surface area contributed by atoms with Crippen LogP contribution in [0.15, 0.2) is 11.2 Å². The van der Waals surface area contributed by atoms with E-state index in [-0.39, 0.29) is 17.0 Å². The minimum Gasteiger partial charge on any atom is -0.381 e. The molecule has 2 rings (SSSR count). The van der Waals surface area contributed by atoms with E-state index in [0.717, 1.165) is 18.7 Å². The first kappa shape index (κ1) is 13.5. The molecule has 0 aliphatic carbocycles. The number of nitrogens with two attached hydrogens (primary N) is 1. The van der Waals surface area contributed by atoms with Crippen molar-refractivity contribution in [3.8, 4) is 0 Å². The molecule has 0 atom stereocenters. The van der Waals surface area contributed by atoms with Gasteiger partial charge in [-0.15, -0.1) is 0 Å². The zero-order chi connectivity index (χ0) is 13.3. The van der Waals surface area contributed by atoms with Gasteiger partial charge < -0.3 is 9.30 Å². The van der Waals surface area contributed by atoms with Gasteiger partial charge in [-0.25, -0.2) is 18.5 Å². The van der Waals surface area contributed by atoms with Crippen LogP contribution in [0.4, 0.5) is 0 Å². The SMILES string of the molecule is CC(C)c1nc(S(N)(=O)=O)cn1C1CCOCC1. The highest BCUT2D eigenvalue weighted by atomic mass is 32.2. The fourth-order valence-electron chi connectivity index (χ4n) is 2.20. The lowest BCUT2D eigenvalue weighted by atomic mass is 10.1. The maximum atomic E-state index is 11.4. The summed E-state index contributed by atoms with van der Waals surface area (Å²) >= 11 is 0. The van der Waals surface area contributed by atoms with E-state index in [1.807, 2.05) is 18.4 Å². The Morgan fingerprint density at radius 3 is 2.56 bits per heavy atom. The van der Waals surface area contributed by atoms with Gasteiger partial charge in [0.15, 0.2) is 5.03 Å². The number of primary sulfonamides is 1. The number of rotatable bonds is 3. The van der Waals surface area contributed by atoms with E-state index in [9.17, 15) is 8.42 Å². The van der Waals surface area contributed by atoms with Gasteiger partial charge in [0, 0.05) is 31.4 Å². The van der Waals surface area contributed by atoms with E-state index < -0.39 is 10.0 Å². The lowest BCUT2D eigenvalue weighted by Crippen LogP contribution is -2.21. The minimum atomic E-state index is -3.74. The molecule has 1 aromatic rings. The van der Waals surface area contributed by atoms with Gasteiger partial charge in [-0.3, -0.25) is 0 Å². The number of sulfonamides is 1. The van der Waals surface area contributed by atoms with E-state index in [0.29, 0.717) is 13.2 Å². The van der Waals surface area contributed by atoms with Crippen molar-refractivity contribution in [2.45, 2.75) is 43.7 Å². The van der Waals surface area contributed by atoms with E-state index in [2.05, 4.69) is 4.98 Å². The molecule has 6 nitrogen and oxygen atoms in total. The topological polar surface area (TPSA) is 87.2 Å². The van der Waals surface area contributed by atoms with Crippen molar-refractivity contribution in [3.63, 3.8) is 0 Å². The number of nitrogens with zero attached hydrogens (tertiary/aromatic N) is 2. The van der Waals surface area contributed by atoms with Crippen LogP contribution in [0.2, 0.25) is 0 Å². The van der Waals surface area contributed by atoms with Crippen LogP contribution < -0.4 is 5.14 Å². The molecule has 1 saturated heterocycles. The minimum absolute atomic E-state index is 0.0438. The monoisotopic (exact) mass is 273 g/mol. The highest BCUT2D eigenvalue weighted by Gasteiger charge is 2.24. The van der Waals surface area contributed by atoms with Gasteiger partial charge in [0.25, 0.3) is 10.0 Å². The maximum absolute atomic E-state index is 11.4. The van der Waals surface area contributed by atoms with Crippen molar-refractivity contribution in [2.24, 2.45) is 5.14 Å². The number of hydrogen-bond acceptors (Lipinski definition) is 4. The molecule has 1 aromatic heterocycles. The fraction of sp³-hybridized carbons (Fsp3) is 0.727. The molecule has 0 amide bonds. The molecule has 102 valence electrons. The third kappa shape index (κ3) is 2.73. The quantitative estimate of drug-likeness (QED) is 0.890. The van der Waals surface area contributed by atoms with Crippen molar-refractivity contribution < 1.29 is 13.2 Å². The van der Waals surface area contributed by atoms with Crippen LogP contribution in [0.1, 0.15) is 44.5 Å². The molecule has 1 fully saturated rings. The summed E-state index contributed by atoms with van der Waals surface area (Å²) < 4.78 is 30.0. The van der Waals surface area contributed by atoms with Gasteiger partial charge in [0.05, 0.1) is 0 Å². The zero-order valence-electron chi connectivity index (χ0n) is 10.7. The first-order valence-electron chi connectivity index (χ1n) is 6.09. The Bertz CT molecular complexity index is 516. The van der Waals surface area contributed by atoms with Crippen molar-refractivity contribution in [2.75, 3.05) is 13.2 Å². The molecule has 0 spiro atoms. The van der Waals surface area contributed by atoms with E-state index in [1.54, 1.807) is 6.20 Å². The molecule has 7 heteroatoms. The molecule has 0 aromatic carbocycles. The molecule has 0 saturated carbocycles. The Morgan fingerprint density at radius 1 is 1.44 bits per heavy atom. The molecule has 1 aliphatic rings. The second kappa shape index (κ2) is 4.99. The number of hydrogen-bond donors (Lipinski definition) is 1. The molecular formula is C11H19N3O3S. The summed E-state index contributed by atoms with van der Waals surface area (Å²) in [7, 11) is -3.74. The van der Waals surface area contributed by atoms with Gasteiger partial charge in [-0.1, -0.05) is 13.8 Å². The van der Waals surface area contributed by atoms with Crippen LogP contribution in [0.3, 0.4) is 0 Å². The third-order valence-corrected chi connectivity index (χ3v) is 3.91. The van der Waals surface area contributed by atoms with Gasteiger partial charge >= 0.3 is 0 Å². The average molecular weight is 273 g/mol. The third-order valence-electron chi connectivity index (χ3n) is 3.13. The summed E-state index contributed by atoms with van der Waals surface area (Å²) in [6, 6.07) is 0.249. The van der Waals surface area contributed by atoms with Gasteiger partial charge in [0.1, 0.15) is 5.82 Å². The Kier molecular flexibility index (Phi) is 3.74. The Labute approximate surface area is 107 Å². The summed E-state index contributed by atoms with van der Waals surface area (Å²) in [6.07, 6.45) is 3.31. The highest BCUT2D eigenvalue weighted by molar-refractivity contribution is 7.89. The molecule has 2 heterocycles. The lowest BCUT2D eigenvalue weighted by Gasteiger charge is -2.25. The summed E-state index contributed by atoms with van der Waals surface area (Å²) in [5.41, 5.74) is 0. The largest absolute Gasteiger partial charge is 0.381 e. The fourth-order valence-corrected chi connectivity index (χ4v) is 2.69. The van der Waals surface area contributed by atoms with Gasteiger partial charge in [-0.05, 0) is 12.8 Å². The zero-order valence-corrected chi connectivity index (χ0v) is 11.5. The molecule has 1 aliphatic heterocycles. The summed E-state index contributed by atoms with van der Waals surface area (Å²) in [6.45, 7) is 5.38. The standard InChI is InChI=1S/C11H19N3O3S/c1-8(2)11-13-10(18(12,15)16)7-14(11)9-3-5-17-6-4-9/h7-9H,3-6H2,1-2H3,(H2,12,15,16). The highest BCUT2D eigenvalue weighted by Crippen LogP contribution is 2.27. The Hall–Kier alpha value is -0.920. The molecule has 0 radical (unpaired) electrons. The van der Waals surface area contributed by atoms with Crippen molar-refractivity contribution in [3.05, 3.63) is 12.0 Å². The van der Waals surface area contributed by atoms with Crippen LogP contribution in [0, 0.1) is 0 Å². The van der Waals surface area contributed by atoms with E-state index >= 15 is 0 Å². The van der Waals surface area contributed by atoms with Crippen molar-refractivity contribution >= 4 is 10.0 Å². The van der Waals surface area contributed by atoms with E-state index in [4.69, 9.17) is 9.88 Å². The van der Waals surface area contributed by atoms with E-state index in [1.165, 1.54) is 0 Å². The van der Waals surface area contributed by atoms with Crippen LogP contribution in [0.25, 0.3) is 0 Å². The van der Waals surface area contributed by atoms with Crippen molar-refractivity contribution in [1.82, 2.24) is 9.55 Å². The lowest BCUT2D eigenvalue weighted by molar-refractivity contribution is 0.0686. The van der Waals surface area contributed by atoms with Crippen LogP contribution in [-0.4, -0.2) is 31.2 Å². The number of ether oxygens (including phenoxy) is 1. The number of aromatic nitrogens is 2. The number of imidazole rings is 1. The predicted molar refractivity (Wildman–Crippen MR) is 66.8 cm³/mol. The summed E-state index contributed by atoms with van der Waals surface area (Å²) in [4.78, 5) is 4.17. The smallest absolute Gasteiger partial charge is 0.257 e. The van der Waals surface area contributed by atoms with Crippen LogP contribution in [-0.2, 0) is 14.8 Å². The van der Waals surface area contributed by atoms with Crippen LogP contribution in [0.5, 0.6) is 0 Å². The molecule has 0 unspecified atom stereocenters.